The van der Waals surface area contributed by atoms with Gasteiger partial charge in [0.15, 0.2) is 0 Å². The summed E-state index contributed by atoms with van der Waals surface area (Å²) in [6, 6.07) is 7.61. The average Bonchev–Trinajstić information content (AvgIpc) is 2.47. The van der Waals surface area contributed by atoms with Crippen molar-refractivity contribution >= 4 is 17.5 Å². The van der Waals surface area contributed by atoms with Crippen LogP contribution in [0, 0.1) is 0 Å². The Morgan fingerprint density at radius 1 is 1.25 bits per heavy atom. The van der Waals surface area contributed by atoms with Crippen LogP contribution in [-0.4, -0.2) is 42.9 Å². The quantitative estimate of drug-likeness (QED) is 0.797. The van der Waals surface area contributed by atoms with Crippen molar-refractivity contribution in [3.8, 4) is 0 Å². The molecule has 1 aliphatic heterocycles. The molecule has 5 heteroatoms. The molecular formula is C15H21N3O2. The Morgan fingerprint density at radius 2 is 1.95 bits per heavy atom. The van der Waals surface area contributed by atoms with Gasteiger partial charge in [-0.2, -0.15) is 0 Å². The lowest BCUT2D eigenvalue weighted by Gasteiger charge is -2.26. The van der Waals surface area contributed by atoms with E-state index in [-0.39, 0.29) is 0 Å². The molecule has 0 aliphatic carbocycles. The van der Waals surface area contributed by atoms with Crippen LogP contribution in [0.25, 0.3) is 0 Å². The molecule has 0 atom stereocenters. The zero-order valence-corrected chi connectivity index (χ0v) is 12.0. The first kappa shape index (κ1) is 14.5. The molecule has 108 valence electrons. The number of amides is 2. The minimum Gasteiger partial charge on any atom is -0.332 e. The first-order valence-corrected chi connectivity index (χ1v) is 6.99. The van der Waals surface area contributed by atoms with Gasteiger partial charge in [-0.1, -0.05) is 26.0 Å². The van der Waals surface area contributed by atoms with E-state index in [4.69, 9.17) is 0 Å². The molecular weight excluding hydrogens is 254 g/mol. The van der Waals surface area contributed by atoms with Crippen molar-refractivity contribution in [1.29, 1.82) is 0 Å². The molecule has 0 spiro atoms. The Morgan fingerprint density at radius 3 is 2.60 bits per heavy atom. The molecule has 1 aromatic carbocycles. The van der Waals surface area contributed by atoms with Gasteiger partial charge >= 0.3 is 11.8 Å². The second kappa shape index (κ2) is 6.52. The number of rotatable bonds is 2. The van der Waals surface area contributed by atoms with Gasteiger partial charge in [-0.15, -0.1) is 0 Å². The first-order chi connectivity index (χ1) is 9.58. The van der Waals surface area contributed by atoms with Crippen LogP contribution in [0.5, 0.6) is 0 Å². The molecule has 2 N–H and O–H groups in total. The van der Waals surface area contributed by atoms with Gasteiger partial charge in [-0.25, -0.2) is 0 Å². The molecule has 1 saturated heterocycles. The third kappa shape index (κ3) is 3.57. The smallest absolute Gasteiger partial charge is 0.313 e. The zero-order chi connectivity index (χ0) is 14.5. The van der Waals surface area contributed by atoms with Gasteiger partial charge in [-0.3, -0.25) is 9.59 Å². The summed E-state index contributed by atoms with van der Waals surface area (Å²) in [4.78, 5) is 25.6. The van der Waals surface area contributed by atoms with Crippen LogP contribution in [0.15, 0.2) is 24.3 Å². The van der Waals surface area contributed by atoms with Crippen LogP contribution in [0.3, 0.4) is 0 Å². The Balaban J connectivity index is 2.00. The average molecular weight is 275 g/mol. The molecule has 20 heavy (non-hydrogen) atoms. The fraction of sp³-hybridized carbons (Fsp3) is 0.467. The van der Waals surface area contributed by atoms with E-state index in [0.29, 0.717) is 24.7 Å². The molecule has 1 aliphatic rings. The Labute approximate surface area is 119 Å². The fourth-order valence-corrected chi connectivity index (χ4v) is 2.17. The molecule has 0 saturated carbocycles. The van der Waals surface area contributed by atoms with E-state index in [9.17, 15) is 9.59 Å². The normalized spacial score (nSPS) is 15.2. The molecule has 1 fully saturated rings. The van der Waals surface area contributed by atoms with E-state index in [1.165, 1.54) is 0 Å². The van der Waals surface area contributed by atoms with Crippen LogP contribution < -0.4 is 10.6 Å². The number of carbonyl (C=O) groups is 2. The topological polar surface area (TPSA) is 61.4 Å². The standard InChI is InChI=1S/C15H21N3O2/c1-11(2)12-4-3-5-13(10-12)17-14(19)15(20)18-8-6-16-7-9-18/h3-5,10-11,16H,6-9H2,1-2H3,(H,17,19). The number of piperazine rings is 1. The minimum atomic E-state index is -0.562. The molecule has 0 radical (unpaired) electrons. The summed E-state index contributed by atoms with van der Waals surface area (Å²) >= 11 is 0. The summed E-state index contributed by atoms with van der Waals surface area (Å²) < 4.78 is 0. The van der Waals surface area contributed by atoms with Gasteiger partial charge in [0.2, 0.25) is 0 Å². The third-order valence-corrected chi connectivity index (χ3v) is 3.41. The molecule has 0 aromatic heterocycles. The number of nitrogens with one attached hydrogen (secondary N) is 2. The second-order valence-electron chi connectivity index (χ2n) is 5.28. The highest BCUT2D eigenvalue weighted by atomic mass is 16.2. The molecule has 1 aromatic rings. The second-order valence-corrected chi connectivity index (χ2v) is 5.28. The number of benzene rings is 1. The lowest BCUT2D eigenvalue weighted by molar-refractivity contribution is -0.143. The van der Waals surface area contributed by atoms with E-state index in [1.54, 1.807) is 11.0 Å². The SMILES string of the molecule is CC(C)c1cccc(NC(=O)C(=O)N2CCNCC2)c1. The third-order valence-electron chi connectivity index (χ3n) is 3.41. The maximum absolute atomic E-state index is 12.0. The van der Waals surface area contributed by atoms with Crippen LogP contribution in [-0.2, 0) is 9.59 Å². The summed E-state index contributed by atoms with van der Waals surface area (Å²) in [6.45, 7) is 6.82. The van der Waals surface area contributed by atoms with Crippen molar-refractivity contribution in [2.45, 2.75) is 19.8 Å². The summed E-state index contributed by atoms with van der Waals surface area (Å²) in [6.07, 6.45) is 0. The Kier molecular flexibility index (Phi) is 4.74. The highest BCUT2D eigenvalue weighted by Crippen LogP contribution is 2.18. The largest absolute Gasteiger partial charge is 0.332 e. The van der Waals surface area contributed by atoms with Gasteiger partial charge in [0, 0.05) is 31.9 Å². The van der Waals surface area contributed by atoms with E-state index < -0.39 is 11.8 Å². The summed E-state index contributed by atoms with van der Waals surface area (Å²) in [5.74, 6) is -0.634. The molecule has 1 heterocycles. The number of nitrogens with zero attached hydrogens (tertiary/aromatic N) is 1. The molecule has 2 rings (SSSR count). The summed E-state index contributed by atoms with van der Waals surface area (Å²) in [5.41, 5.74) is 1.81. The van der Waals surface area contributed by atoms with Gasteiger partial charge in [0.05, 0.1) is 0 Å². The maximum atomic E-state index is 12.0. The molecule has 2 amide bonds. The van der Waals surface area contributed by atoms with E-state index in [2.05, 4.69) is 24.5 Å². The maximum Gasteiger partial charge on any atom is 0.313 e. The van der Waals surface area contributed by atoms with E-state index in [0.717, 1.165) is 18.7 Å². The van der Waals surface area contributed by atoms with Crippen molar-refractivity contribution in [2.24, 2.45) is 0 Å². The first-order valence-electron chi connectivity index (χ1n) is 6.99. The number of anilines is 1. The lowest BCUT2D eigenvalue weighted by atomic mass is 10.0. The van der Waals surface area contributed by atoms with Gasteiger partial charge in [-0.05, 0) is 23.6 Å². The van der Waals surface area contributed by atoms with E-state index >= 15 is 0 Å². The summed E-state index contributed by atoms with van der Waals surface area (Å²) in [7, 11) is 0. The number of hydrogen-bond donors (Lipinski definition) is 2. The van der Waals surface area contributed by atoms with E-state index in [1.807, 2.05) is 18.2 Å². The van der Waals surface area contributed by atoms with Crippen LogP contribution in [0.1, 0.15) is 25.3 Å². The minimum absolute atomic E-state index is 0.385. The molecule has 0 bridgehead atoms. The van der Waals surface area contributed by atoms with Crippen LogP contribution >= 0.6 is 0 Å². The van der Waals surface area contributed by atoms with Gasteiger partial charge in [0.25, 0.3) is 0 Å². The van der Waals surface area contributed by atoms with Crippen LogP contribution in [0.2, 0.25) is 0 Å². The van der Waals surface area contributed by atoms with Crippen molar-refractivity contribution in [3.63, 3.8) is 0 Å². The van der Waals surface area contributed by atoms with Crippen molar-refractivity contribution in [1.82, 2.24) is 10.2 Å². The Hall–Kier alpha value is -1.88. The number of carbonyl (C=O) groups excluding carboxylic acids is 2. The van der Waals surface area contributed by atoms with Crippen molar-refractivity contribution in [3.05, 3.63) is 29.8 Å². The summed E-state index contributed by atoms with van der Waals surface area (Å²) in [5, 5.41) is 5.84. The molecule has 0 unspecified atom stereocenters. The van der Waals surface area contributed by atoms with Crippen molar-refractivity contribution < 1.29 is 9.59 Å². The van der Waals surface area contributed by atoms with Gasteiger partial charge < -0.3 is 15.5 Å². The van der Waals surface area contributed by atoms with Crippen LogP contribution in [0.4, 0.5) is 5.69 Å². The van der Waals surface area contributed by atoms with Gasteiger partial charge in [0.1, 0.15) is 0 Å². The highest BCUT2D eigenvalue weighted by molar-refractivity contribution is 6.39. The Bertz CT molecular complexity index is 494. The monoisotopic (exact) mass is 275 g/mol. The lowest BCUT2D eigenvalue weighted by Crippen LogP contribution is -2.49. The zero-order valence-electron chi connectivity index (χ0n) is 12.0. The predicted octanol–water partition coefficient (Wildman–Crippen LogP) is 1.18. The highest BCUT2D eigenvalue weighted by Gasteiger charge is 2.23. The molecule has 5 nitrogen and oxygen atoms in total. The predicted molar refractivity (Wildman–Crippen MR) is 78.6 cm³/mol. The fourth-order valence-electron chi connectivity index (χ4n) is 2.17. The van der Waals surface area contributed by atoms with Crippen molar-refractivity contribution in [2.75, 3.05) is 31.5 Å². The number of hydrogen-bond acceptors (Lipinski definition) is 3.